The molecule has 0 aliphatic carbocycles. The van der Waals surface area contributed by atoms with Crippen LogP contribution in [0.5, 0.6) is 5.75 Å². The smallest absolute Gasteiger partial charge is 0.271 e. The minimum atomic E-state index is -3.08. The predicted molar refractivity (Wildman–Crippen MR) is 60.8 cm³/mol. The minimum Gasteiger partial charge on any atom is -0.496 e. The normalized spacial score (nSPS) is 11.4. The van der Waals surface area contributed by atoms with Crippen LogP contribution in [0.15, 0.2) is 18.2 Å². The highest BCUT2D eigenvalue weighted by Gasteiger charge is 2.31. The van der Waals surface area contributed by atoms with E-state index in [1.165, 1.54) is 25.3 Å². The second kappa shape index (κ2) is 5.23. The van der Waals surface area contributed by atoms with E-state index in [2.05, 4.69) is 5.32 Å². The summed E-state index contributed by atoms with van der Waals surface area (Å²) in [6.45, 7) is 0.751. The van der Waals surface area contributed by atoms with Gasteiger partial charge in [-0.1, -0.05) is 12.1 Å². The maximum absolute atomic E-state index is 13.4. The zero-order valence-corrected chi connectivity index (χ0v) is 10.0. The number of ether oxygens (including phenoxy) is 1. The van der Waals surface area contributed by atoms with Crippen LogP contribution in [0.2, 0.25) is 0 Å². The average molecular weight is 243 g/mol. The zero-order valence-electron chi connectivity index (χ0n) is 10.0. The number of Topliss-reactive ketones (excluding diaryl/α,β-unsaturated/α-hetero) is 1. The van der Waals surface area contributed by atoms with Crippen molar-refractivity contribution in [3.05, 3.63) is 29.3 Å². The molecule has 0 aliphatic heterocycles. The third-order valence-corrected chi connectivity index (χ3v) is 2.34. The standard InChI is InChI=1S/C12H15F2NO2/c1-12(13,14)8-5-4-6-10(17-3)11(8)9(16)7-15-2/h4-6,15H,7H2,1-3H3. The van der Waals surface area contributed by atoms with Gasteiger partial charge in [0.25, 0.3) is 5.92 Å². The van der Waals surface area contributed by atoms with Crippen LogP contribution >= 0.6 is 0 Å². The van der Waals surface area contributed by atoms with Crippen molar-refractivity contribution in [1.82, 2.24) is 5.32 Å². The van der Waals surface area contributed by atoms with E-state index >= 15 is 0 Å². The molecule has 3 nitrogen and oxygen atoms in total. The van der Waals surface area contributed by atoms with Gasteiger partial charge in [0.15, 0.2) is 5.78 Å². The summed E-state index contributed by atoms with van der Waals surface area (Å²) in [6, 6.07) is 4.19. The molecule has 5 heteroatoms. The van der Waals surface area contributed by atoms with E-state index in [9.17, 15) is 13.6 Å². The van der Waals surface area contributed by atoms with Crippen LogP contribution in [0.4, 0.5) is 8.78 Å². The van der Waals surface area contributed by atoms with E-state index in [0.717, 1.165) is 6.92 Å². The van der Waals surface area contributed by atoms with Crippen molar-refractivity contribution < 1.29 is 18.3 Å². The first-order valence-corrected chi connectivity index (χ1v) is 5.15. The molecular formula is C12H15F2NO2. The SMILES string of the molecule is CNCC(=O)c1c(OC)cccc1C(C)(F)F. The Balaban J connectivity index is 3.36. The molecule has 1 aromatic rings. The summed E-state index contributed by atoms with van der Waals surface area (Å²) in [4.78, 5) is 11.8. The first kappa shape index (κ1) is 13.6. The van der Waals surface area contributed by atoms with E-state index in [4.69, 9.17) is 4.74 Å². The fraction of sp³-hybridized carbons (Fsp3) is 0.417. The van der Waals surface area contributed by atoms with Crippen LogP contribution < -0.4 is 10.1 Å². The van der Waals surface area contributed by atoms with Crippen molar-refractivity contribution in [3.8, 4) is 5.75 Å². The Morgan fingerprint density at radius 1 is 1.47 bits per heavy atom. The number of rotatable bonds is 5. The van der Waals surface area contributed by atoms with Gasteiger partial charge in [-0.25, -0.2) is 8.78 Å². The number of carbonyl (C=O) groups is 1. The Morgan fingerprint density at radius 2 is 2.12 bits per heavy atom. The molecule has 0 saturated heterocycles. The topological polar surface area (TPSA) is 38.3 Å². The number of benzene rings is 1. The summed E-state index contributed by atoms with van der Waals surface area (Å²) in [5.41, 5.74) is -0.367. The number of hydrogen-bond acceptors (Lipinski definition) is 3. The van der Waals surface area contributed by atoms with E-state index in [1.807, 2.05) is 0 Å². The summed E-state index contributed by atoms with van der Waals surface area (Å²) in [7, 11) is 2.93. The second-order valence-corrected chi connectivity index (χ2v) is 3.72. The van der Waals surface area contributed by atoms with Gasteiger partial charge in [-0.15, -0.1) is 0 Å². The summed E-state index contributed by atoms with van der Waals surface area (Å²) in [5, 5.41) is 2.65. The molecule has 0 amide bonds. The van der Waals surface area contributed by atoms with Gasteiger partial charge < -0.3 is 10.1 Å². The molecule has 0 saturated carbocycles. The first-order valence-electron chi connectivity index (χ1n) is 5.15. The van der Waals surface area contributed by atoms with Gasteiger partial charge in [-0.05, 0) is 13.1 Å². The van der Waals surface area contributed by atoms with Crippen LogP contribution in [0, 0.1) is 0 Å². The molecule has 0 unspecified atom stereocenters. The Labute approximate surface area is 98.8 Å². The van der Waals surface area contributed by atoms with Gasteiger partial charge in [0.05, 0.1) is 19.2 Å². The number of ketones is 1. The number of methoxy groups -OCH3 is 1. The van der Waals surface area contributed by atoms with E-state index < -0.39 is 11.7 Å². The lowest BCUT2D eigenvalue weighted by Crippen LogP contribution is -2.23. The molecule has 1 rings (SSSR count). The van der Waals surface area contributed by atoms with Crippen molar-refractivity contribution in [2.75, 3.05) is 20.7 Å². The largest absolute Gasteiger partial charge is 0.496 e. The lowest BCUT2D eigenvalue weighted by Gasteiger charge is -2.17. The van der Waals surface area contributed by atoms with Gasteiger partial charge in [-0.3, -0.25) is 4.79 Å². The van der Waals surface area contributed by atoms with Crippen LogP contribution in [0.1, 0.15) is 22.8 Å². The molecule has 0 aliphatic rings. The van der Waals surface area contributed by atoms with Gasteiger partial charge in [0.1, 0.15) is 5.75 Å². The van der Waals surface area contributed by atoms with E-state index in [0.29, 0.717) is 0 Å². The molecule has 0 atom stereocenters. The molecule has 0 heterocycles. The second-order valence-electron chi connectivity index (χ2n) is 3.72. The number of halogens is 2. The van der Waals surface area contributed by atoms with Crippen LogP contribution in [0.3, 0.4) is 0 Å². The summed E-state index contributed by atoms with van der Waals surface area (Å²) >= 11 is 0. The molecule has 0 spiro atoms. The van der Waals surface area contributed by atoms with E-state index in [1.54, 1.807) is 7.05 Å². The van der Waals surface area contributed by atoms with Crippen molar-refractivity contribution >= 4 is 5.78 Å². The molecule has 1 aromatic carbocycles. The quantitative estimate of drug-likeness (QED) is 0.806. The van der Waals surface area contributed by atoms with Crippen molar-refractivity contribution in [1.29, 1.82) is 0 Å². The molecular weight excluding hydrogens is 228 g/mol. The van der Waals surface area contributed by atoms with Gasteiger partial charge in [0.2, 0.25) is 0 Å². The Hall–Kier alpha value is -1.49. The fourth-order valence-electron chi connectivity index (χ4n) is 1.60. The van der Waals surface area contributed by atoms with Crippen molar-refractivity contribution in [2.24, 2.45) is 0 Å². The average Bonchev–Trinajstić information content (AvgIpc) is 2.27. The molecule has 94 valence electrons. The highest BCUT2D eigenvalue weighted by Crippen LogP contribution is 2.34. The number of alkyl halides is 2. The number of likely N-dealkylation sites (N-methyl/N-ethyl adjacent to an activating group) is 1. The van der Waals surface area contributed by atoms with Gasteiger partial charge >= 0.3 is 0 Å². The number of nitrogens with one attached hydrogen (secondary N) is 1. The molecule has 0 radical (unpaired) electrons. The first-order chi connectivity index (χ1) is 7.91. The van der Waals surface area contributed by atoms with Crippen LogP contribution in [-0.4, -0.2) is 26.5 Å². The van der Waals surface area contributed by atoms with Crippen molar-refractivity contribution in [3.63, 3.8) is 0 Å². The lowest BCUT2D eigenvalue weighted by atomic mass is 9.98. The van der Waals surface area contributed by atoms with Gasteiger partial charge in [-0.2, -0.15) is 0 Å². The monoisotopic (exact) mass is 243 g/mol. The maximum Gasteiger partial charge on any atom is 0.271 e. The van der Waals surface area contributed by atoms with Crippen LogP contribution in [-0.2, 0) is 5.92 Å². The zero-order chi connectivity index (χ0) is 13.1. The summed E-state index contributed by atoms with van der Waals surface area (Å²) in [6.07, 6.45) is 0. The number of hydrogen-bond donors (Lipinski definition) is 1. The van der Waals surface area contributed by atoms with Gasteiger partial charge in [0, 0.05) is 12.5 Å². The molecule has 0 bridgehead atoms. The fourth-order valence-corrected chi connectivity index (χ4v) is 1.60. The minimum absolute atomic E-state index is 0.0105. The lowest BCUT2D eigenvalue weighted by molar-refractivity contribution is 0.0162. The Morgan fingerprint density at radius 3 is 2.59 bits per heavy atom. The Bertz CT molecular complexity index is 413. The van der Waals surface area contributed by atoms with E-state index in [-0.39, 0.29) is 23.4 Å². The molecule has 0 fully saturated rings. The van der Waals surface area contributed by atoms with Crippen molar-refractivity contribution in [2.45, 2.75) is 12.8 Å². The van der Waals surface area contributed by atoms with Crippen LogP contribution in [0.25, 0.3) is 0 Å². The molecule has 17 heavy (non-hydrogen) atoms. The highest BCUT2D eigenvalue weighted by molar-refractivity contribution is 6.01. The summed E-state index contributed by atoms with van der Waals surface area (Å²) < 4.78 is 31.8. The highest BCUT2D eigenvalue weighted by atomic mass is 19.3. The maximum atomic E-state index is 13.4. The number of carbonyl (C=O) groups excluding carboxylic acids is 1. The Kier molecular flexibility index (Phi) is 4.17. The molecule has 1 N–H and O–H groups in total. The summed E-state index contributed by atoms with van der Waals surface area (Å²) in [5.74, 6) is -3.32. The third kappa shape index (κ3) is 3.00. The molecule has 0 aromatic heterocycles. The predicted octanol–water partition coefficient (Wildman–Crippen LogP) is 2.21. The third-order valence-electron chi connectivity index (χ3n) is 2.34.